The molecule has 28 heavy (non-hydrogen) atoms. The average molecular weight is 404 g/mol. The molecule has 8 heteroatoms. The number of anilines is 1. The van der Waals surface area contributed by atoms with E-state index in [-0.39, 0.29) is 17.4 Å². The van der Waals surface area contributed by atoms with E-state index in [1.54, 1.807) is 12.1 Å². The lowest BCUT2D eigenvalue weighted by molar-refractivity contribution is -0.118. The Kier molecular flexibility index (Phi) is 6.33. The Morgan fingerprint density at radius 2 is 1.68 bits per heavy atom. The van der Waals surface area contributed by atoms with Crippen LogP contribution in [0.5, 0.6) is 5.75 Å². The highest BCUT2D eigenvalue weighted by Gasteiger charge is 2.26. The van der Waals surface area contributed by atoms with E-state index in [9.17, 15) is 13.2 Å². The van der Waals surface area contributed by atoms with Crippen molar-refractivity contribution in [1.29, 1.82) is 0 Å². The predicted molar refractivity (Wildman–Crippen MR) is 106 cm³/mol. The number of nitrogens with zero attached hydrogens (tertiary/aromatic N) is 1. The fraction of sp³-hybridized carbons (Fsp3) is 0.350. The molecule has 150 valence electrons. The van der Waals surface area contributed by atoms with E-state index in [1.807, 2.05) is 32.0 Å². The number of ether oxygens (including phenoxy) is 2. The highest BCUT2D eigenvalue weighted by Crippen LogP contribution is 2.22. The normalized spacial score (nSPS) is 15.2. The first kappa shape index (κ1) is 20.3. The lowest BCUT2D eigenvalue weighted by Gasteiger charge is -2.26. The van der Waals surface area contributed by atoms with Crippen molar-refractivity contribution in [3.63, 3.8) is 0 Å². The molecule has 1 N–H and O–H groups in total. The van der Waals surface area contributed by atoms with Crippen LogP contribution in [0.25, 0.3) is 0 Å². The molecule has 7 nitrogen and oxygen atoms in total. The number of amides is 1. The minimum Gasteiger partial charge on any atom is -0.483 e. The van der Waals surface area contributed by atoms with Crippen LogP contribution in [0.15, 0.2) is 47.4 Å². The molecule has 0 aromatic heterocycles. The van der Waals surface area contributed by atoms with Crippen molar-refractivity contribution in [3.8, 4) is 5.75 Å². The molecule has 0 aliphatic carbocycles. The van der Waals surface area contributed by atoms with Crippen molar-refractivity contribution in [3.05, 3.63) is 53.6 Å². The molecule has 1 saturated heterocycles. The maximum absolute atomic E-state index is 12.6. The van der Waals surface area contributed by atoms with Crippen LogP contribution >= 0.6 is 0 Å². The number of sulfonamides is 1. The molecule has 3 rings (SSSR count). The van der Waals surface area contributed by atoms with Crippen molar-refractivity contribution in [2.45, 2.75) is 18.7 Å². The van der Waals surface area contributed by atoms with Crippen LogP contribution in [0.2, 0.25) is 0 Å². The second kappa shape index (κ2) is 8.72. The largest absolute Gasteiger partial charge is 0.483 e. The van der Waals surface area contributed by atoms with Crippen LogP contribution in [-0.2, 0) is 19.6 Å². The zero-order chi connectivity index (χ0) is 20.1. The zero-order valence-electron chi connectivity index (χ0n) is 16.0. The molecule has 1 amide bonds. The van der Waals surface area contributed by atoms with Crippen LogP contribution in [0.1, 0.15) is 11.1 Å². The van der Waals surface area contributed by atoms with E-state index in [2.05, 4.69) is 5.32 Å². The van der Waals surface area contributed by atoms with Gasteiger partial charge in [-0.25, -0.2) is 8.42 Å². The van der Waals surface area contributed by atoms with Crippen LogP contribution in [-0.4, -0.2) is 51.5 Å². The van der Waals surface area contributed by atoms with Gasteiger partial charge in [0.2, 0.25) is 10.0 Å². The molecule has 1 heterocycles. The van der Waals surface area contributed by atoms with Crippen molar-refractivity contribution < 1.29 is 22.7 Å². The maximum atomic E-state index is 12.6. The highest BCUT2D eigenvalue weighted by atomic mass is 32.2. The monoisotopic (exact) mass is 404 g/mol. The predicted octanol–water partition coefficient (Wildman–Crippen LogP) is 2.34. The van der Waals surface area contributed by atoms with E-state index in [4.69, 9.17) is 9.47 Å². The van der Waals surface area contributed by atoms with Gasteiger partial charge in [-0.1, -0.05) is 18.2 Å². The minimum atomic E-state index is -3.55. The Morgan fingerprint density at radius 1 is 1.07 bits per heavy atom. The molecule has 0 radical (unpaired) electrons. The third-order valence-corrected chi connectivity index (χ3v) is 6.42. The number of benzene rings is 2. The minimum absolute atomic E-state index is 0.125. The van der Waals surface area contributed by atoms with Gasteiger partial charge in [0.25, 0.3) is 5.91 Å². The fourth-order valence-corrected chi connectivity index (χ4v) is 4.42. The molecule has 0 spiro atoms. The van der Waals surface area contributed by atoms with Gasteiger partial charge in [0.15, 0.2) is 6.61 Å². The average Bonchev–Trinajstić information content (AvgIpc) is 2.69. The summed E-state index contributed by atoms with van der Waals surface area (Å²) in [7, 11) is -3.55. The molecular weight excluding hydrogens is 380 g/mol. The van der Waals surface area contributed by atoms with Crippen molar-refractivity contribution in [2.24, 2.45) is 0 Å². The molecule has 1 aliphatic rings. The number of para-hydroxylation sites is 1. The topological polar surface area (TPSA) is 84.9 Å². The lowest BCUT2D eigenvalue weighted by Crippen LogP contribution is -2.40. The van der Waals surface area contributed by atoms with Gasteiger partial charge < -0.3 is 14.8 Å². The van der Waals surface area contributed by atoms with E-state index < -0.39 is 10.0 Å². The number of carbonyl (C=O) groups excluding carboxylic acids is 1. The summed E-state index contributed by atoms with van der Waals surface area (Å²) in [6.45, 7) is 5.20. The summed E-state index contributed by atoms with van der Waals surface area (Å²) in [5, 5.41) is 2.72. The van der Waals surface area contributed by atoms with Gasteiger partial charge in [-0.15, -0.1) is 0 Å². The van der Waals surface area contributed by atoms with E-state index in [0.717, 1.165) is 11.1 Å². The summed E-state index contributed by atoms with van der Waals surface area (Å²) in [4.78, 5) is 12.4. The van der Waals surface area contributed by atoms with Gasteiger partial charge >= 0.3 is 0 Å². The molecule has 0 unspecified atom stereocenters. The zero-order valence-corrected chi connectivity index (χ0v) is 16.8. The van der Waals surface area contributed by atoms with Crippen molar-refractivity contribution in [2.75, 3.05) is 38.2 Å². The highest BCUT2D eigenvalue weighted by molar-refractivity contribution is 7.89. The Hall–Kier alpha value is -2.42. The molecule has 1 aliphatic heterocycles. The summed E-state index contributed by atoms with van der Waals surface area (Å²) in [6, 6.07) is 11.9. The van der Waals surface area contributed by atoms with Gasteiger partial charge in [0.1, 0.15) is 5.75 Å². The first-order valence-electron chi connectivity index (χ1n) is 9.05. The second-order valence-corrected chi connectivity index (χ2v) is 8.54. The lowest BCUT2D eigenvalue weighted by atomic mass is 10.1. The third-order valence-electron chi connectivity index (χ3n) is 4.50. The van der Waals surface area contributed by atoms with Crippen LogP contribution in [0.3, 0.4) is 0 Å². The van der Waals surface area contributed by atoms with Gasteiger partial charge in [-0.2, -0.15) is 4.31 Å². The molecule has 1 fully saturated rings. The quantitative estimate of drug-likeness (QED) is 0.799. The molecule has 0 saturated carbocycles. The molecule has 2 aromatic carbocycles. The number of morpholine rings is 1. The number of nitrogens with one attached hydrogen (secondary N) is 1. The summed E-state index contributed by atoms with van der Waals surface area (Å²) in [6.07, 6.45) is 0. The number of rotatable bonds is 6. The van der Waals surface area contributed by atoms with Gasteiger partial charge in [-0.05, 0) is 49.2 Å². The maximum Gasteiger partial charge on any atom is 0.262 e. The Morgan fingerprint density at radius 3 is 2.29 bits per heavy atom. The molecule has 0 bridgehead atoms. The third kappa shape index (κ3) is 4.70. The summed E-state index contributed by atoms with van der Waals surface area (Å²) < 4.78 is 37.4. The number of carbonyl (C=O) groups is 1. The SMILES string of the molecule is Cc1cccc(C)c1OCC(=O)Nc1ccc(S(=O)(=O)N2CCOCC2)cc1. The van der Waals surface area contributed by atoms with Gasteiger partial charge in [-0.3, -0.25) is 4.79 Å². The standard InChI is InChI=1S/C20H24N2O5S/c1-15-4-3-5-16(2)20(15)27-14-19(23)21-17-6-8-18(9-7-17)28(24,25)22-10-12-26-13-11-22/h3-9H,10-14H2,1-2H3,(H,21,23). The number of hydrogen-bond donors (Lipinski definition) is 1. The van der Waals surface area contributed by atoms with Crippen LogP contribution < -0.4 is 10.1 Å². The fourth-order valence-electron chi connectivity index (χ4n) is 3.01. The molecule has 0 atom stereocenters. The van der Waals surface area contributed by atoms with Crippen molar-refractivity contribution in [1.82, 2.24) is 4.31 Å². The van der Waals surface area contributed by atoms with Crippen LogP contribution in [0, 0.1) is 13.8 Å². The number of hydrogen-bond acceptors (Lipinski definition) is 5. The summed E-state index contributed by atoms with van der Waals surface area (Å²) in [5.41, 5.74) is 2.44. The first-order chi connectivity index (χ1) is 13.4. The van der Waals surface area contributed by atoms with Crippen molar-refractivity contribution >= 4 is 21.6 Å². The summed E-state index contributed by atoms with van der Waals surface area (Å²) >= 11 is 0. The van der Waals surface area contributed by atoms with E-state index >= 15 is 0 Å². The van der Waals surface area contributed by atoms with Gasteiger partial charge in [0.05, 0.1) is 18.1 Å². The Bertz CT molecular complexity index is 915. The second-order valence-electron chi connectivity index (χ2n) is 6.60. The molecule has 2 aromatic rings. The Balaban J connectivity index is 1.60. The smallest absolute Gasteiger partial charge is 0.262 e. The Labute approximate surface area is 165 Å². The molecular formula is C20H24N2O5S. The number of aryl methyl sites for hydroxylation is 2. The van der Waals surface area contributed by atoms with E-state index in [0.29, 0.717) is 37.7 Å². The summed E-state index contributed by atoms with van der Waals surface area (Å²) in [5.74, 6) is 0.385. The first-order valence-corrected chi connectivity index (χ1v) is 10.5. The van der Waals surface area contributed by atoms with Gasteiger partial charge in [0, 0.05) is 18.8 Å². The van der Waals surface area contributed by atoms with E-state index in [1.165, 1.54) is 16.4 Å². The van der Waals surface area contributed by atoms with Crippen LogP contribution in [0.4, 0.5) is 5.69 Å².